The van der Waals surface area contributed by atoms with Gasteiger partial charge in [0.25, 0.3) is 0 Å². The zero-order valence-electron chi connectivity index (χ0n) is 8.69. The summed E-state index contributed by atoms with van der Waals surface area (Å²) in [6.07, 6.45) is 3.26. The van der Waals surface area contributed by atoms with Crippen LogP contribution in [0.3, 0.4) is 0 Å². The molecule has 1 nitrogen and oxygen atoms in total. The number of rotatable bonds is 5. The SMILES string of the molecule is C=CC(C)[C@H](O)CCc1ccccc1. The fourth-order valence-corrected chi connectivity index (χ4v) is 1.38. The lowest BCUT2D eigenvalue weighted by molar-refractivity contribution is 0.129. The Morgan fingerprint density at radius 1 is 1.36 bits per heavy atom. The summed E-state index contributed by atoms with van der Waals surface area (Å²) >= 11 is 0. The van der Waals surface area contributed by atoms with Crippen LogP contribution in [0.4, 0.5) is 0 Å². The number of aliphatic hydroxyl groups excluding tert-OH is 1. The fraction of sp³-hybridized carbons (Fsp3) is 0.385. The molecule has 0 saturated heterocycles. The molecule has 0 aliphatic heterocycles. The van der Waals surface area contributed by atoms with Gasteiger partial charge >= 0.3 is 0 Å². The van der Waals surface area contributed by atoms with Crippen molar-refractivity contribution in [3.8, 4) is 0 Å². The van der Waals surface area contributed by atoms with E-state index in [-0.39, 0.29) is 12.0 Å². The Balaban J connectivity index is 2.37. The molecule has 0 spiro atoms. The minimum Gasteiger partial charge on any atom is -0.393 e. The van der Waals surface area contributed by atoms with Crippen LogP contribution < -0.4 is 0 Å². The Morgan fingerprint density at radius 2 is 2.00 bits per heavy atom. The minimum atomic E-state index is -0.271. The Labute approximate surface area is 86.1 Å². The van der Waals surface area contributed by atoms with Crippen LogP contribution in [0.2, 0.25) is 0 Å². The summed E-state index contributed by atoms with van der Waals surface area (Å²) in [6.45, 7) is 5.67. The van der Waals surface area contributed by atoms with Crippen molar-refractivity contribution >= 4 is 0 Å². The summed E-state index contributed by atoms with van der Waals surface area (Å²) in [6, 6.07) is 10.2. The van der Waals surface area contributed by atoms with Gasteiger partial charge in [-0.3, -0.25) is 0 Å². The minimum absolute atomic E-state index is 0.179. The third kappa shape index (κ3) is 3.35. The third-order valence-corrected chi connectivity index (χ3v) is 2.55. The van der Waals surface area contributed by atoms with Gasteiger partial charge in [0.2, 0.25) is 0 Å². The van der Waals surface area contributed by atoms with Gasteiger partial charge in [-0.1, -0.05) is 43.3 Å². The number of hydrogen-bond acceptors (Lipinski definition) is 1. The molecule has 0 bridgehead atoms. The van der Waals surface area contributed by atoms with Gasteiger partial charge in [-0.2, -0.15) is 0 Å². The Hall–Kier alpha value is -1.08. The third-order valence-electron chi connectivity index (χ3n) is 2.55. The summed E-state index contributed by atoms with van der Waals surface area (Å²) in [7, 11) is 0. The van der Waals surface area contributed by atoms with Crippen LogP contribution in [0.1, 0.15) is 18.9 Å². The largest absolute Gasteiger partial charge is 0.393 e. The van der Waals surface area contributed by atoms with Crippen molar-refractivity contribution in [2.24, 2.45) is 5.92 Å². The van der Waals surface area contributed by atoms with Gasteiger partial charge in [0, 0.05) is 0 Å². The van der Waals surface area contributed by atoms with Gasteiger partial charge in [-0.15, -0.1) is 6.58 Å². The lowest BCUT2D eigenvalue weighted by Crippen LogP contribution is -2.16. The van der Waals surface area contributed by atoms with Crippen LogP contribution in [0, 0.1) is 5.92 Å². The quantitative estimate of drug-likeness (QED) is 0.708. The zero-order chi connectivity index (χ0) is 10.4. The first-order valence-corrected chi connectivity index (χ1v) is 5.08. The van der Waals surface area contributed by atoms with Crippen LogP contribution >= 0.6 is 0 Å². The maximum atomic E-state index is 9.71. The van der Waals surface area contributed by atoms with E-state index >= 15 is 0 Å². The van der Waals surface area contributed by atoms with Crippen LogP contribution in [0.15, 0.2) is 43.0 Å². The maximum Gasteiger partial charge on any atom is 0.0603 e. The van der Waals surface area contributed by atoms with E-state index in [9.17, 15) is 5.11 Å². The average Bonchev–Trinajstić information content (AvgIpc) is 2.26. The molecule has 0 fully saturated rings. The lowest BCUT2D eigenvalue weighted by Gasteiger charge is -2.14. The number of aliphatic hydroxyl groups is 1. The van der Waals surface area contributed by atoms with E-state index in [0.717, 1.165) is 12.8 Å². The van der Waals surface area contributed by atoms with E-state index in [1.54, 1.807) is 6.08 Å². The maximum absolute atomic E-state index is 9.71. The van der Waals surface area contributed by atoms with Crippen LogP contribution in [-0.2, 0) is 6.42 Å². The van der Waals surface area contributed by atoms with E-state index in [2.05, 4.69) is 18.7 Å². The van der Waals surface area contributed by atoms with Crippen LogP contribution in [-0.4, -0.2) is 11.2 Å². The Bertz CT molecular complexity index is 266. The van der Waals surface area contributed by atoms with Crippen LogP contribution in [0.25, 0.3) is 0 Å². The van der Waals surface area contributed by atoms with Crippen molar-refractivity contribution in [3.63, 3.8) is 0 Å². The van der Waals surface area contributed by atoms with Crippen LogP contribution in [0.5, 0.6) is 0 Å². The molecule has 1 unspecified atom stereocenters. The molecule has 1 heteroatoms. The van der Waals surface area contributed by atoms with Crippen molar-refractivity contribution in [1.29, 1.82) is 0 Å². The fourth-order valence-electron chi connectivity index (χ4n) is 1.38. The van der Waals surface area contributed by atoms with Crippen molar-refractivity contribution in [1.82, 2.24) is 0 Å². The topological polar surface area (TPSA) is 20.2 Å². The predicted octanol–water partition coefficient (Wildman–Crippen LogP) is 2.80. The number of hydrogen-bond donors (Lipinski definition) is 1. The molecular weight excluding hydrogens is 172 g/mol. The molecule has 0 radical (unpaired) electrons. The second-order valence-electron chi connectivity index (χ2n) is 3.69. The van der Waals surface area contributed by atoms with Gasteiger partial charge in [-0.25, -0.2) is 0 Å². The molecule has 1 aromatic carbocycles. The van der Waals surface area contributed by atoms with E-state index in [4.69, 9.17) is 0 Å². The Morgan fingerprint density at radius 3 is 2.57 bits per heavy atom. The average molecular weight is 190 g/mol. The van der Waals surface area contributed by atoms with Crippen molar-refractivity contribution in [2.45, 2.75) is 25.9 Å². The highest BCUT2D eigenvalue weighted by atomic mass is 16.3. The molecular formula is C13H18O. The molecule has 0 amide bonds. The molecule has 0 aromatic heterocycles. The molecule has 2 atom stereocenters. The molecule has 0 heterocycles. The number of benzene rings is 1. The van der Waals surface area contributed by atoms with E-state index in [1.807, 2.05) is 25.1 Å². The van der Waals surface area contributed by atoms with Gasteiger partial charge in [0.05, 0.1) is 6.10 Å². The van der Waals surface area contributed by atoms with Gasteiger partial charge in [-0.05, 0) is 24.3 Å². The zero-order valence-corrected chi connectivity index (χ0v) is 8.69. The molecule has 1 aromatic rings. The van der Waals surface area contributed by atoms with Crippen molar-refractivity contribution in [2.75, 3.05) is 0 Å². The first-order valence-electron chi connectivity index (χ1n) is 5.08. The summed E-state index contributed by atoms with van der Waals surface area (Å²) in [5.74, 6) is 0.179. The van der Waals surface area contributed by atoms with E-state index in [1.165, 1.54) is 5.56 Å². The molecule has 0 aliphatic carbocycles. The van der Waals surface area contributed by atoms with Gasteiger partial charge in [0.1, 0.15) is 0 Å². The summed E-state index contributed by atoms with van der Waals surface area (Å²) < 4.78 is 0. The predicted molar refractivity (Wildman–Crippen MR) is 60.1 cm³/mol. The summed E-state index contributed by atoms with van der Waals surface area (Å²) in [4.78, 5) is 0. The highest BCUT2D eigenvalue weighted by Crippen LogP contribution is 2.11. The van der Waals surface area contributed by atoms with Gasteiger partial charge in [0.15, 0.2) is 0 Å². The van der Waals surface area contributed by atoms with E-state index < -0.39 is 0 Å². The standard InChI is InChI=1S/C13H18O/c1-3-11(2)13(14)10-9-12-7-5-4-6-8-12/h3-8,11,13-14H,1,9-10H2,2H3/t11?,13-/m1/s1. The molecule has 1 rings (SSSR count). The first kappa shape index (κ1) is 11.0. The second kappa shape index (κ2) is 5.61. The molecule has 0 saturated carbocycles. The van der Waals surface area contributed by atoms with E-state index in [0.29, 0.717) is 0 Å². The summed E-state index contributed by atoms with van der Waals surface area (Å²) in [5, 5.41) is 9.71. The van der Waals surface area contributed by atoms with Gasteiger partial charge < -0.3 is 5.11 Å². The number of aryl methyl sites for hydroxylation is 1. The Kier molecular flexibility index (Phi) is 4.41. The second-order valence-corrected chi connectivity index (χ2v) is 3.69. The van der Waals surface area contributed by atoms with Crippen molar-refractivity contribution < 1.29 is 5.11 Å². The highest BCUT2D eigenvalue weighted by Gasteiger charge is 2.09. The van der Waals surface area contributed by atoms with Crippen molar-refractivity contribution in [3.05, 3.63) is 48.6 Å². The first-order chi connectivity index (χ1) is 6.74. The summed E-state index contributed by atoms with van der Waals surface area (Å²) in [5.41, 5.74) is 1.28. The highest BCUT2D eigenvalue weighted by molar-refractivity contribution is 5.14. The molecule has 14 heavy (non-hydrogen) atoms. The normalized spacial score (nSPS) is 14.7. The smallest absolute Gasteiger partial charge is 0.0603 e. The molecule has 76 valence electrons. The molecule has 0 aliphatic rings. The monoisotopic (exact) mass is 190 g/mol. The lowest BCUT2D eigenvalue weighted by atomic mass is 9.98. The molecule has 1 N–H and O–H groups in total.